The van der Waals surface area contributed by atoms with Gasteiger partial charge in [0, 0.05) is 29.6 Å². The van der Waals surface area contributed by atoms with Crippen molar-refractivity contribution >= 4 is 22.8 Å². The first-order chi connectivity index (χ1) is 12.2. The smallest absolute Gasteiger partial charge is 0.306 e. The summed E-state index contributed by atoms with van der Waals surface area (Å²) in [6.07, 6.45) is 9.49. The van der Waals surface area contributed by atoms with Crippen molar-refractivity contribution in [3.8, 4) is 0 Å². The zero-order chi connectivity index (χ0) is 17.5. The second-order valence-electron chi connectivity index (χ2n) is 6.78. The number of hydrogen-bond acceptors (Lipinski definition) is 3. The van der Waals surface area contributed by atoms with E-state index in [0.29, 0.717) is 12.8 Å². The van der Waals surface area contributed by atoms with Gasteiger partial charge in [-0.1, -0.05) is 37.5 Å². The third-order valence-electron chi connectivity index (χ3n) is 4.84. The van der Waals surface area contributed by atoms with Crippen LogP contribution in [0.5, 0.6) is 0 Å². The van der Waals surface area contributed by atoms with Crippen LogP contribution in [0.15, 0.2) is 30.5 Å². The van der Waals surface area contributed by atoms with Gasteiger partial charge in [-0.2, -0.15) is 0 Å². The molecular weight excluding hydrogens is 316 g/mol. The van der Waals surface area contributed by atoms with Crippen LogP contribution in [0.2, 0.25) is 0 Å². The highest BCUT2D eigenvalue weighted by molar-refractivity contribution is 5.83. The van der Waals surface area contributed by atoms with E-state index in [0.717, 1.165) is 24.8 Å². The van der Waals surface area contributed by atoms with Gasteiger partial charge in [0.15, 0.2) is 6.61 Å². The van der Waals surface area contributed by atoms with Crippen LogP contribution in [0.3, 0.4) is 0 Å². The summed E-state index contributed by atoms with van der Waals surface area (Å²) in [5.74, 6) is -0.490. The number of benzene rings is 1. The molecule has 0 radical (unpaired) electrons. The Morgan fingerprint density at radius 2 is 1.96 bits per heavy atom. The minimum absolute atomic E-state index is 0.164. The quantitative estimate of drug-likeness (QED) is 0.757. The van der Waals surface area contributed by atoms with Crippen molar-refractivity contribution in [2.45, 2.75) is 57.4 Å². The van der Waals surface area contributed by atoms with Gasteiger partial charge in [-0.25, -0.2) is 0 Å². The predicted molar refractivity (Wildman–Crippen MR) is 97.2 cm³/mol. The van der Waals surface area contributed by atoms with Crippen molar-refractivity contribution in [2.24, 2.45) is 0 Å². The summed E-state index contributed by atoms with van der Waals surface area (Å²) in [6.45, 7) is -0.164. The van der Waals surface area contributed by atoms with Gasteiger partial charge in [0.05, 0.1) is 0 Å². The number of fused-ring (bicyclic) bond motifs is 1. The number of aromatic amines is 1. The maximum Gasteiger partial charge on any atom is 0.306 e. The molecule has 0 bridgehead atoms. The van der Waals surface area contributed by atoms with Gasteiger partial charge in [-0.05, 0) is 37.3 Å². The van der Waals surface area contributed by atoms with Crippen molar-refractivity contribution in [3.05, 3.63) is 36.0 Å². The summed E-state index contributed by atoms with van der Waals surface area (Å²) in [4.78, 5) is 26.9. The Morgan fingerprint density at radius 1 is 1.16 bits per heavy atom. The third kappa shape index (κ3) is 5.08. The molecule has 0 unspecified atom stereocenters. The fourth-order valence-electron chi connectivity index (χ4n) is 3.50. The van der Waals surface area contributed by atoms with E-state index in [1.807, 2.05) is 24.4 Å². The van der Waals surface area contributed by atoms with E-state index in [2.05, 4.69) is 16.4 Å². The molecule has 1 aliphatic carbocycles. The molecule has 5 heteroatoms. The van der Waals surface area contributed by atoms with Crippen LogP contribution in [-0.4, -0.2) is 29.5 Å². The van der Waals surface area contributed by atoms with Gasteiger partial charge < -0.3 is 15.0 Å². The van der Waals surface area contributed by atoms with Crippen molar-refractivity contribution in [1.82, 2.24) is 10.3 Å². The van der Waals surface area contributed by atoms with Gasteiger partial charge in [0.1, 0.15) is 0 Å². The SMILES string of the molecule is O=C(COC(=O)CCCc1c[nH]c2ccccc12)NC1CCCCC1. The molecule has 25 heavy (non-hydrogen) atoms. The van der Waals surface area contributed by atoms with Crippen molar-refractivity contribution < 1.29 is 14.3 Å². The molecule has 3 rings (SSSR count). The lowest BCUT2D eigenvalue weighted by Crippen LogP contribution is -2.38. The summed E-state index contributed by atoms with van der Waals surface area (Å²) in [5.41, 5.74) is 2.32. The number of ether oxygens (including phenoxy) is 1. The molecule has 1 aromatic heterocycles. The average molecular weight is 342 g/mol. The van der Waals surface area contributed by atoms with E-state index in [1.165, 1.54) is 30.2 Å². The first-order valence-corrected chi connectivity index (χ1v) is 9.22. The number of H-pyrrole nitrogens is 1. The van der Waals surface area contributed by atoms with E-state index >= 15 is 0 Å². The lowest BCUT2D eigenvalue weighted by molar-refractivity contribution is -0.148. The van der Waals surface area contributed by atoms with E-state index in [9.17, 15) is 9.59 Å². The molecule has 5 nitrogen and oxygen atoms in total. The van der Waals surface area contributed by atoms with Gasteiger partial charge in [0.25, 0.3) is 5.91 Å². The van der Waals surface area contributed by atoms with E-state index in [-0.39, 0.29) is 24.5 Å². The van der Waals surface area contributed by atoms with E-state index in [1.54, 1.807) is 0 Å². The van der Waals surface area contributed by atoms with Crippen LogP contribution in [0, 0.1) is 0 Å². The maximum atomic E-state index is 11.8. The fourth-order valence-corrected chi connectivity index (χ4v) is 3.50. The second kappa shape index (κ2) is 8.70. The topological polar surface area (TPSA) is 71.2 Å². The predicted octanol–water partition coefficient (Wildman–Crippen LogP) is 3.48. The number of hydrogen-bond donors (Lipinski definition) is 2. The molecule has 1 heterocycles. The van der Waals surface area contributed by atoms with Crippen molar-refractivity contribution in [3.63, 3.8) is 0 Å². The number of esters is 1. The Labute approximate surface area is 148 Å². The molecule has 1 aliphatic rings. The van der Waals surface area contributed by atoms with Crippen LogP contribution in [0.4, 0.5) is 0 Å². The number of amides is 1. The highest BCUT2D eigenvalue weighted by atomic mass is 16.5. The first-order valence-electron chi connectivity index (χ1n) is 9.22. The standard InChI is InChI=1S/C20H26N2O3/c23-19(22-16-8-2-1-3-9-16)14-25-20(24)12-6-7-15-13-21-18-11-5-4-10-17(15)18/h4-5,10-11,13,16,21H,1-3,6-9,12,14H2,(H,22,23). The fraction of sp³-hybridized carbons (Fsp3) is 0.500. The van der Waals surface area contributed by atoms with E-state index in [4.69, 9.17) is 4.74 Å². The highest BCUT2D eigenvalue weighted by Crippen LogP contribution is 2.19. The summed E-state index contributed by atoms with van der Waals surface area (Å²) >= 11 is 0. The Balaban J connectivity index is 1.34. The molecule has 0 atom stereocenters. The number of carbonyl (C=O) groups is 2. The molecule has 0 saturated heterocycles. The summed E-state index contributed by atoms with van der Waals surface area (Å²) in [5, 5.41) is 4.15. The summed E-state index contributed by atoms with van der Waals surface area (Å²) in [7, 11) is 0. The molecule has 0 spiro atoms. The van der Waals surface area contributed by atoms with E-state index < -0.39 is 0 Å². The molecular formula is C20H26N2O3. The Kier molecular flexibility index (Phi) is 6.09. The normalized spacial score (nSPS) is 15.2. The number of aryl methyl sites for hydroxylation is 1. The summed E-state index contributed by atoms with van der Waals surface area (Å²) in [6, 6.07) is 8.38. The van der Waals surface area contributed by atoms with Gasteiger partial charge >= 0.3 is 5.97 Å². The third-order valence-corrected chi connectivity index (χ3v) is 4.84. The van der Waals surface area contributed by atoms with Gasteiger partial charge in [-0.3, -0.25) is 9.59 Å². The molecule has 134 valence electrons. The van der Waals surface area contributed by atoms with Crippen LogP contribution < -0.4 is 5.32 Å². The molecule has 0 aliphatic heterocycles. The number of carbonyl (C=O) groups excluding carboxylic acids is 2. The average Bonchev–Trinajstić information content (AvgIpc) is 3.04. The van der Waals surface area contributed by atoms with Crippen LogP contribution in [0.25, 0.3) is 10.9 Å². The van der Waals surface area contributed by atoms with Crippen molar-refractivity contribution in [2.75, 3.05) is 6.61 Å². The zero-order valence-electron chi connectivity index (χ0n) is 14.6. The minimum atomic E-state index is -0.307. The Hall–Kier alpha value is -2.30. The largest absolute Gasteiger partial charge is 0.456 e. The first kappa shape index (κ1) is 17.5. The number of nitrogens with one attached hydrogen (secondary N) is 2. The van der Waals surface area contributed by atoms with Crippen LogP contribution >= 0.6 is 0 Å². The maximum absolute atomic E-state index is 11.8. The van der Waals surface area contributed by atoms with Crippen LogP contribution in [0.1, 0.15) is 50.5 Å². The number of para-hydroxylation sites is 1. The molecule has 1 fully saturated rings. The summed E-state index contributed by atoms with van der Waals surface area (Å²) < 4.78 is 5.09. The monoisotopic (exact) mass is 342 g/mol. The molecule has 1 amide bonds. The minimum Gasteiger partial charge on any atom is -0.456 e. The second-order valence-corrected chi connectivity index (χ2v) is 6.78. The lowest BCUT2D eigenvalue weighted by Gasteiger charge is -2.22. The van der Waals surface area contributed by atoms with Gasteiger partial charge in [-0.15, -0.1) is 0 Å². The zero-order valence-corrected chi connectivity index (χ0v) is 14.6. The van der Waals surface area contributed by atoms with Crippen LogP contribution in [-0.2, 0) is 20.7 Å². The molecule has 1 saturated carbocycles. The Morgan fingerprint density at radius 3 is 2.80 bits per heavy atom. The Bertz CT molecular complexity index is 717. The molecule has 2 aromatic rings. The molecule has 2 N–H and O–H groups in total. The number of rotatable bonds is 7. The van der Waals surface area contributed by atoms with Gasteiger partial charge in [0.2, 0.25) is 0 Å². The van der Waals surface area contributed by atoms with Crippen molar-refractivity contribution in [1.29, 1.82) is 0 Å². The molecule has 1 aromatic carbocycles. The lowest BCUT2D eigenvalue weighted by atomic mass is 9.95. The number of aromatic nitrogens is 1. The highest BCUT2D eigenvalue weighted by Gasteiger charge is 2.16.